The Morgan fingerprint density at radius 3 is 2.50 bits per heavy atom. The van der Waals surface area contributed by atoms with Gasteiger partial charge in [0.15, 0.2) is 11.8 Å². The van der Waals surface area contributed by atoms with Crippen LogP contribution in [0.1, 0.15) is 25.0 Å². The maximum Gasteiger partial charge on any atom is 0.213 e. The molecule has 0 unspecified atom stereocenters. The molecule has 0 fully saturated rings. The molecule has 0 aromatic heterocycles. The number of fused-ring (bicyclic) bond motifs is 2. The van der Waals surface area contributed by atoms with Gasteiger partial charge in [-0.3, -0.25) is 0 Å². The number of hydrogen-bond donors (Lipinski definition) is 0. The molecule has 26 heavy (non-hydrogen) atoms. The lowest BCUT2D eigenvalue weighted by molar-refractivity contribution is -0.480. The van der Waals surface area contributed by atoms with E-state index in [1.54, 1.807) is 14.2 Å². The highest BCUT2D eigenvalue weighted by molar-refractivity contribution is 6.02. The molecule has 3 aromatic carbocycles. The van der Waals surface area contributed by atoms with Crippen molar-refractivity contribution in [2.45, 2.75) is 26.3 Å². The fraction of sp³-hybridized carbons (Fsp3) is 0.261. The minimum absolute atomic E-state index is 0.352. The van der Waals surface area contributed by atoms with Crippen molar-refractivity contribution >= 4 is 22.2 Å². The van der Waals surface area contributed by atoms with Gasteiger partial charge in [-0.1, -0.05) is 30.3 Å². The fourth-order valence-electron chi connectivity index (χ4n) is 4.19. The Balaban J connectivity index is 2.00. The second-order valence-corrected chi connectivity index (χ2v) is 6.87. The molecule has 1 aliphatic heterocycles. The quantitative estimate of drug-likeness (QED) is 0.626. The monoisotopic (exact) mass is 346 g/mol. The van der Waals surface area contributed by atoms with Crippen molar-refractivity contribution in [1.29, 1.82) is 0 Å². The van der Waals surface area contributed by atoms with Gasteiger partial charge in [0, 0.05) is 25.5 Å². The molecule has 0 spiro atoms. The highest BCUT2D eigenvalue weighted by atomic mass is 16.5. The Labute approximate surface area is 154 Å². The van der Waals surface area contributed by atoms with Gasteiger partial charge < -0.3 is 9.47 Å². The second-order valence-electron chi connectivity index (χ2n) is 6.87. The lowest BCUT2D eigenvalue weighted by Crippen LogP contribution is -2.33. The highest BCUT2D eigenvalue weighted by Crippen LogP contribution is 2.36. The zero-order valence-corrected chi connectivity index (χ0v) is 15.7. The maximum atomic E-state index is 5.70. The van der Waals surface area contributed by atoms with Crippen molar-refractivity contribution in [2.75, 3.05) is 14.2 Å². The number of nitrogens with zero attached hydrogens (tertiary/aromatic N) is 1. The van der Waals surface area contributed by atoms with E-state index in [1.165, 1.54) is 33.3 Å². The summed E-state index contributed by atoms with van der Waals surface area (Å²) in [6.45, 7) is 4.46. The standard InChI is InChI=1S/C23H24NO2/c1-15-12-18-13-19(25-3)14-22(26-4)23(18)16(2)24(15)21-11-7-9-17-8-5-6-10-20(17)21/h5-11,13-15H,12H2,1-4H3/q+1/t15-/m0/s1. The Morgan fingerprint density at radius 2 is 1.73 bits per heavy atom. The number of benzene rings is 3. The molecule has 3 heteroatoms. The molecule has 0 N–H and O–H groups in total. The van der Waals surface area contributed by atoms with Gasteiger partial charge in [-0.25, -0.2) is 0 Å². The topological polar surface area (TPSA) is 21.5 Å². The minimum atomic E-state index is 0.352. The van der Waals surface area contributed by atoms with Crippen LogP contribution >= 0.6 is 0 Å². The zero-order valence-electron chi connectivity index (χ0n) is 15.7. The number of methoxy groups -OCH3 is 2. The largest absolute Gasteiger partial charge is 0.497 e. The van der Waals surface area contributed by atoms with Crippen LogP contribution in [0.25, 0.3) is 10.8 Å². The molecule has 3 aromatic rings. The molecule has 0 radical (unpaired) electrons. The lowest BCUT2D eigenvalue weighted by atomic mass is 9.91. The summed E-state index contributed by atoms with van der Waals surface area (Å²) in [5, 5.41) is 2.54. The summed E-state index contributed by atoms with van der Waals surface area (Å²) in [4.78, 5) is 0. The Hall–Kier alpha value is -2.81. The van der Waals surface area contributed by atoms with Gasteiger partial charge >= 0.3 is 0 Å². The molecule has 0 bridgehead atoms. The van der Waals surface area contributed by atoms with Crippen LogP contribution in [0.5, 0.6) is 11.5 Å². The van der Waals surface area contributed by atoms with Gasteiger partial charge in [0.25, 0.3) is 0 Å². The average molecular weight is 346 g/mol. The summed E-state index contributed by atoms with van der Waals surface area (Å²) in [6.07, 6.45) is 0.948. The summed E-state index contributed by atoms with van der Waals surface area (Å²) >= 11 is 0. The fourth-order valence-corrected chi connectivity index (χ4v) is 4.19. The summed E-state index contributed by atoms with van der Waals surface area (Å²) in [7, 11) is 3.43. The van der Waals surface area contributed by atoms with Crippen LogP contribution in [0.3, 0.4) is 0 Å². The summed E-state index contributed by atoms with van der Waals surface area (Å²) in [5.74, 6) is 1.72. The van der Waals surface area contributed by atoms with Crippen molar-refractivity contribution < 1.29 is 14.0 Å². The molecular formula is C23H24NO2+. The van der Waals surface area contributed by atoms with Crippen LogP contribution in [-0.4, -0.2) is 30.5 Å². The predicted molar refractivity (Wildman–Crippen MR) is 106 cm³/mol. The Kier molecular flexibility index (Phi) is 4.15. The molecule has 3 nitrogen and oxygen atoms in total. The number of rotatable bonds is 3. The van der Waals surface area contributed by atoms with Crippen LogP contribution in [-0.2, 0) is 6.42 Å². The van der Waals surface area contributed by atoms with Crippen molar-refractivity contribution in [1.82, 2.24) is 0 Å². The number of hydrogen-bond acceptors (Lipinski definition) is 2. The van der Waals surface area contributed by atoms with Gasteiger partial charge in [0.1, 0.15) is 11.5 Å². The number of ether oxygens (including phenoxy) is 2. The lowest BCUT2D eigenvalue weighted by Gasteiger charge is -2.24. The van der Waals surface area contributed by atoms with Gasteiger partial charge in [-0.2, -0.15) is 4.58 Å². The molecule has 4 rings (SSSR count). The van der Waals surface area contributed by atoms with Crippen LogP contribution < -0.4 is 9.47 Å². The van der Waals surface area contributed by atoms with Gasteiger partial charge in [0.2, 0.25) is 5.69 Å². The van der Waals surface area contributed by atoms with E-state index >= 15 is 0 Å². The van der Waals surface area contributed by atoms with Crippen molar-refractivity contribution in [2.24, 2.45) is 0 Å². The van der Waals surface area contributed by atoms with E-state index in [-0.39, 0.29) is 0 Å². The predicted octanol–water partition coefficient (Wildman–Crippen LogP) is 4.95. The normalized spacial score (nSPS) is 16.5. The highest BCUT2D eigenvalue weighted by Gasteiger charge is 2.33. The SMILES string of the molecule is COc1cc2c(c(OC)c1)C(C)=[N+](c1cccc3ccccc13)[C@@H](C)C2. The Bertz CT molecular complexity index is 1010. The molecule has 0 saturated carbocycles. The van der Waals surface area contributed by atoms with E-state index in [2.05, 4.69) is 67.0 Å². The van der Waals surface area contributed by atoms with E-state index < -0.39 is 0 Å². The first-order valence-corrected chi connectivity index (χ1v) is 9.00. The smallest absolute Gasteiger partial charge is 0.213 e. The molecule has 0 amide bonds. The van der Waals surface area contributed by atoms with Crippen molar-refractivity contribution in [3.8, 4) is 11.5 Å². The van der Waals surface area contributed by atoms with Gasteiger partial charge in [-0.15, -0.1) is 0 Å². The molecule has 132 valence electrons. The van der Waals surface area contributed by atoms with Crippen molar-refractivity contribution in [3.05, 3.63) is 65.7 Å². The van der Waals surface area contributed by atoms with Crippen LogP contribution in [0.4, 0.5) is 5.69 Å². The van der Waals surface area contributed by atoms with E-state index in [0.717, 1.165) is 17.9 Å². The van der Waals surface area contributed by atoms with Crippen LogP contribution in [0.2, 0.25) is 0 Å². The molecule has 0 saturated heterocycles. The van der Waals surface area contributed by atoms with Crippen LogP contribution in [0.15, 0.2) is 54.6 Å². The summed E-state index contributed by atoms with van der Waals surface area (Å²) in [6, 6.07) is 19.5. The molecule has 1 aliphatic rings. The van der Waals surface area contributed by atoms with Gasteiger partial charge in [0.05, 0.1) is 25.2 Å². The third kappa shape index (κ3) is 2.55. The second kappa shape index (κ2) is 6.49. The summed E-state index contributed by atoms with van der Waals surface area (Å²) in [5.41, 5.74) is 4.92. The molecule has 1 atom stereocenters. The molecular weight excluding hydrogens is 322 g/mol. The maximum absolute atomic E-state index is 5.70. The first kappa shape index (κ1) is 16.6. The third-order valence-corrected chi connectivity index (χ3v) is 5.32. The van der Waals surface area contributed by atoms with E-state index in [9.17, 15) is 0 Å². The first-order valence-electron chi connectivity index (χ1n) is 9.00. The van der Waals surface area contributed by atoms with Gasteiger partial charge in [-0.05, 0) is 30.0 Å². The summed E-state index contributed by atoms with van der Waals surface area (Å²) < 4.78 is 13.6. The van der Waals surface area contributed by atoms with E-state index in [0.29, 0.717) is 6.04 Å². The van der Waals surface area contributed by atoms with E-state index in [1.807, 2.05) is 6.07 Å². The molecule has 0 aliphatic carbocycles. The minimum Gasteiger partial charge on any atom is -0.497 e. The van der Waals surface area contributed by atoms with E-state index in [4.69, 9.17) is 9.47 Å². The van der Waals surface area contributed by atoms with Crippen LogP contribution in [0, 0.1) is 0 Å². The first-order chi connectivity index (χ1) is 12.6. The van der Waals surface area contributed by atoms with Crippen molar-refractivity contribution in [3.63, 3.8) is 0 Å². The third-order valence-electron chi connectivity index (χ3n) is 5.32. The zero-order chi connectivity index (χ0) is 18.3. The Morgan fingerprint density at radius 1 is 0.962 bits per heavy atom. The molecule has 1 heterocycles. The average Bonchev–Trinajstić information content (AvgIpc) is 2.67.